The van der Waals surface area contributed by atoms with E-state index < -0.39 is 0 Å². The number of rotatable bonds is 6. The molecule has 134 valence electrons. The number of nitrogens with zero attached hydrogens (tertiary/aromatic N) is 1. The van der Waals surface area contributed by atoms with E-state index in [4.69, 9.17) is 16.6 Å². The zero-order valence-electron chi connectivity index (χ0n) is 13.6. The lowest BCUT2D eigenvalue weighted by molar-refractivity contribution is -0.122. The van der Waals surface area contributed by atoms with Crippen molar-refractivity contribution < 1.29 is 14.0 Å². The summed E-state index contributed by atoms with van der Waals surface area (Å²) in [5.74, 6) is 0.363. The summed E-state index contributed by atoms with van der Waals surface area (Å²) in [6, 6.07) is 10.9. The number of anilines is 1. The molecule has 1 aliphatic rings. The van der Waals surface area contributed by atoms with Crippen LogP contribution in [0.2, 0.25) is 0 Å². The van der Waals surface area contributed by atoms with Crippen LogP contribution in [-0.2, 0) is 9.59 Å². The molecular weight excluding hydrogens is 436 g/mol. The summed E-state index contributed by atoms with van der Waals surface area (Å²) in [5, 5.41) is 2.83. The Morgan fingerprint density at radius 1 is 1.35 bits per heavy atom. The van der Waals surface area contributed by atoms with Crippen LogP contribution in [-0.4, -0.2) is 27.6 Å². The molecule has 1 fully saturated rings. The standard InChI is InChI=1S/C18H15BrN2O3S2/c19-12-4-1-5-13(10-12)20-16(22)7-2-8-21-17(23)15(26-18(21)25)11-14-6-3-9-24-14/h1,3-6,9-11H,2,7-8H2,(H,20,22)/b15-11+. The minimum Gasteiger partial charge on any atom is -0.465 e. The van der Waals surface area contributed by atoms with E-state index in [2.05, 4.69) is 21.2 Å². The van der Waals surface area contributed by atoms with Gasteiger partial charge in [0.1, 0.15) is 10.1 Å². The summed E-state index contributed by atoms with van der Waals surface area (Å²) in [7, 11) is 0. The summed E-state index contributed by atoms with van der Waals surface area (Å²) in [6.45, 7) is 0.409. The lowest BCUT2D eigenvalue weighted by Gasteiger charge is -2.14. The van der Waals surface area contributed by atoms with Crippen LogP contribution < -0.4 is 5.32 Å². The maximum atomic E-state index is 12.4. The highest BCUT2D eigenvalue weighted by Crippen LogP contribution is 2.32. The summed E-state index contributed by atoms with van der Waals surface area (Å²) in [4.78, 5) is 26.6. The molecule has 0 aliphatic carbocycles. The van der Waals surface area contributed by atoms with Crippen molar-refractivity contribution in [3.63, 3.8) is 0 Å². The SMILES string of the molecule is O=C(CCCN1C(=O)/C(=C\c2ccco2)SC1=S)Nc1cccc(Br)c1. The molecule has 0 bridgehead atoms. The van der Waals surface area contributed by atoms with E-state index in [1.54, 1.807) is 24.5 Å². The van der Waals surface area contributed by atoms with Crippen molar-refractivity contribution in [1.82, 2.24) is 4.90 Å². The first-order valence-electron chi connectivity index (χ1n) is 7.87. The van der Waals surface area contributed by atoms with Crippen LogP contribution >= 0.6 is 39.9 Å². The highest BCUT2D eigenvalue weighted by atomic mass is 79.9. The second-order valence-electron chi connectivity index (χ2n) is 5.51. The maximum Gasteiger partial charge on any atom is 0.266 e. The number of thiocarbonyl (C=S) groups is 1. The van der Waals surface area contributed by atoms with Gasteiger partial charge in [0.15, 0.2) is 0 Å². The molecule has 1 aromatic heterocycles. The van der Waals surface area contributed by atoms with Gasteiger partial charge in [0.2, 0.25) is 5.91 Å². The molecule has 8 heteroatoms. The van der Waals surface area contributed by atoms with Gasteiger partial charge in [0.25, 0.3) is 5.91 Å². The fourth-order valence-corrected chi connectivity index (χ4v) is 4.07. The topological polar surface area (TPSA) is 62.6 Å². The van der Waals surface area contributed by atoms with Gasteiger partial charge in [-0.15, -0.1) is 0 Å². The van der Waals surface area contributed by atoms with Crippen molar-refractivity contribution in [2.24, 2.45) is 0 Å². The molecule has 5 nitrogen and oxygen atoms in total. The highest BCUT2D eigenvalue weighted by Gasteiger charge is 2.31. The maximum absolute atomic E-state index is 12.4. The summed E-state index contributed by atoms with van der Waals surface area (Å²) in [5.41, 5.74) is 0.733. The van der Waals surface area contributed by atoms with Crippen LogP contribution in [0, 0.1) is 0 Å². The average Bonchev–Trinajstić information content (AvgIpc) is 3.19. The first-order valence-corrected chi connectivity index (χ1v) is 9.89. The van der Waals surface area contributed by atoms with Crippen LogP contribution in [0.1, 0.15) is 18.6 Å². The van der Waals surface area contributed by atoms with Crippen molar-refractivity contribution >= 4 is 67.8 Å². The molecule has 26 heavy (non-hydrogen) atoms. The third kappa shape index (κ3) is 4.84. The lowest BCUT2D eigenvalue weighted by Crippen LogP contribution is -2.29. The molecule has 0 radical (unpaired) electrons. The van der Waals surface area contributed by atoms with Gasteiger partial charge in [-0.2, -0.15) is 0 Å². The van der Waals surface area contributed by atoms with E-state index in [0.717, 1.165) is 10.2 Å². The number of thioether (sulfide) groups is 1. The Kier molecular flexibility index (Phi) is 6.29. The second kappa shape index (κ2) is 8.66. The molecular formula is C18H15BrN2O3S2. The highest BCUT2D eigenvalue weighted by molar-refractivity contribution is 9.10. The Balaban J connectivity index is 1.51. The fraction of sp³-hybridized carbons (Fsp3) is 0.167. The number of carbonyl (C=O) groups is 2. The molecule has 3 rings (SSSR count). The van der Waals surface area contributed by atoms with Crippen LogP contribution in [0.4, 0.5) is 5.69 Å². The Labute approximate surface area is 168 Å². The molecule has 0 atom stereocenters. The first kappa shape index (κ1) is 18.9. The second-order valence-corrected chi connectivity index (χ2v) is 8.10. The molecule has 2 heterocycles. The Morgan fingerprint density at radius 3 is 2.92 bits per heavy atom. The Hall–Kier alpha value is -1.90. The van der Waals surface area contributed by atoms with Crippen LogP contribution in [0.25, 0.3) is 6.08 Å². The van der Waals surface area contributed by atoms with Crippen LogP contribution in [0.3, 0.4) is 0 Å². The number of benzene rings is 1. The predicted octanol–water partition coefficient (Wildman–Crippen LogP) is 4.66. The zero-order chi connectivity index (χ0) is 18.5. The first-order chi connectivity index (χ1) is 12.5. The number of halogens is 1. The fourth-order valence-electron chi connectivity index (χ4n) is 2.38. The monoisotopic (exact) mass is 450 g/mol. The largest absolute Gasteiger partial charge is 0.465 e. The van der Waals surface area contributed by atoms with Crippen molar-refractivity contribution in [3.8, 4) is 0 Å². The van der Waals surface area contributed by atoms with E-state index >= 15 is 0 Å². The van der Waals surface area contributed by atoms with Gasteiger partial charge in [0, 0.05) is 29.2 Å². The minimum atomic E-state index is -0.149. The molecule has 0 saturated carbocycles. The van der Waals surface area contributed by atoms with Crippen molar-refractivity contribution in [2.45, 2.75) is 12.8 Å². The molecule has 0 spiro atoms. The third-order valence-corrected chi connectivity index (χ3v) is 5.46. The molecule has 0 unspecified atom stereocenters. The zero-order valence-corrected chi connectivity index (χ0v) is 16.8. The van der Waals surface area contributed by atoms with Gasteiger partial charge in [-0.25, -0.2) is 0 Å². The van der Waals surface area contributed by atoms with E-state index in [0.29, 0.717) is 34.4 Å². The summed E-state index contributed by atoms with van der Waals surface area (Å²) in [6.07, 6.45) is 4.07. The van der Waals surface area contributed by atoms with Gasteiger partial charge < -0.3 is 9.73 Å². The normalized spacial score (nSPS) is 15.7. The van der Waals surface area contributed by atoms with E-state index in [1.807, 2.05) is 24.3 Å². The Bertz CT molecular complexity index is 865. The molecule has 1 aliphatic heterocycles. The molecule has 1 N–H and O–H groups in total. The molecule has 2 amide bonds. The van der Waals surface area contributed by atoms with Crippen molar-refractivity contribution in [1.29, 1.82) is 0 Å². The predicted molar refractivity (Wildman–Crippen MR) is 111 cm³/mol. The summed E-state index contributed by atoms with van der Waals surface area (Å²) < 4.78 is 6.63. The third-order valence-electron chi connectivity index (χ3n) is 3.58. The van der Waals surface area contributed by atoms with Crippen LogP contribution in [0.15, 0.2) is 56.5 Å². The Morgan fingerprint density at radius 2 is 2.19 bits per heavy atom. The number of furan rings is 1. The molecule has 1 aromatic carbocycles. The van der Waals surface area contributed by atoms with Gasteiger partial charge in [-0.3, -0.25) is 14.5 Å². The van der Waals surface area contributed by atoms with Gasteiger partial charge in [-0.1, -0.05) is 46.0 Å². The number of carbonyl (C=O) groups excluding carboxylic acids is 2. The van der Waals surface area contributed by atoms with Gasteiger partial charge in [0.05, 0.1) is 11.2 Å². The number of nitrogens with one attached hydrogen (secondary N) is 1. The summed E-state index contributed by atoms with van der Waals surface area (Å²) >= 11 is 9.89. The van der Waals surface area contributed by atoms with Crippen LogP contribution in [0.5, 0.6) is 0 Å². The van der Waals surface area contributed by atoms with Crippen molar-refractivity contribution in [3.05, 3.63) is 57.8 Å². The number of hydrogen-bond acceptors (Lipinski definition) is 5. The van der Waals surface area contributed by atoms with E-state index in [9.17, 15) is 9.59 Å². The van der Waals surface area contributed by atoms with E-state index in [1.165, 1.54) is 16.7 Å². The van der Waals surface area contributed by atoms with Crippen molar-refractivity contribution in [2.75, 3.05) is 11.9 Å². The molecule has 2 aromatic rings. The van der Waals surface area contributed by atoms with E-state index in [-0.39, 0.29) is 11.8 Å². The molecule has 1 saturated heterocycles. The minimum absolute atomic E-state index is 0.0975. The average molecular weight is 451 g/mol. The lowest BCUT2D eigenvalue weighted by atomic mass is 10.2. The van der Waals surface area contributed by atoms with Gasteiger partial charge >= 0.3 is 0 Å². The number of hydrogen-bond donors (Lipinski definition) is 1. The van der Waals surface area contributed by atoms with Gasteiger partial charge in [-0.05, 0) is 36.8 Å². The smallest absolute Gasteiger partial charge is 0.266 e. The number of amides is 2. The quantitative estimate of drug-likeness (QED) is 0.511.